The molecule has 0 spiro atoms. The van der Waals surface area contributed by atoms with Gasteiger partial charge < -0.3 is 24.2 Å². The highest BCUT2D eigenvalue weighted by molar-refractivity contribution is 6.00. The highest BCUT2D eigenvalue weighted by atomic mass is 16.5. The lowest BCUT2D eigenvalue weighted by Gasteiger charge is -2.40. The number of benzene rings is 2. The molecule has 2 aromatic rings. The fourth-order valence-electron chi connectivity index (χ4n) is 5.84. The lowest BCUT2D eigenvalue weighted by atomic mass is 9.78. The SMILES string of the molecule is CCCCOCN1C=C(C(=O)OCC)C(c2cccc(CC(=O)O)c2)C2=C1CC(c1c(C)cc(C)cc1C)OC2=O. The van der Waals surface area contributed by atoms with Crippen LogP contribution in [0.5, 0.6) is 0 Å². The quantitative estimate of drug-likeness (QED) is 0.271. The molecular weight excluding hydrogens is 522 g/mol. The van der Waals surface area contributed by atoms with Crippen LogP contribution in [0.15, 0.2) is 59.4 Å². The van der Waals surface area contributed by atoms with Gasteiger partial charge in [0, 0.05) is 24.9 Å². The van der Waals surface area contributed by atoms with E-state index < -0.39 is 29.9 Å². The molecule has 2 aliphatic rings. The molecule has 8 nitrogen and oxygen atoms in total. The Bertz CT molecular complexity index is 1370. The maximum absolute atomic E-state index is 14.0. The fourth-order valence-corrected chi connectivity index (χ4v) is 5.84. The Kier molecular flexibility index (Phi) is 9.65. The molecule has 4 rings (SSSR count). The van der Waals surface area contributed by atoms with Crippen molar-refractivity contribution in [3.05, 3.63) is 92.8 Å². The fraction of sp³-hybridized carbons (Fsp3) is 0.424. The van der Waals surface area contributed by atoms with Gasteiger partial charge in [-0.25, -0.2) is 9.59 Å². The monoisotopic (exact) mass is 561 g/mol. The van der Waals surface area contributed by atoms with Gasteiger partial charge in [-0.1, -0.05) is 55.3 Å². The average Bonchev–Trinajstić information content (AvgIpc) is 2.90. The first-order valence-corrected chi connectivity index (χ1v) is 14.2. The lowest BCUT2D eigenvalue weighted by molar-refractivity contribution is -0.147. The van der Waals surface area contributed by atoms with Crippen molar-refractivity contribution in [1.82, 2.24) is 4.90 Å². The molecule has 0 bridgehead atoms. The number of hydrogen-bond donors (Lipinski definition) is 1. The Hall–Kier alpha value is -3.91. The second kappa shape index (κ2) is 13.2. The van der Waals surface area contributed by atoms with Gasteiger partial charge in [0.15, 0.2) is 0 Å². The standard InChI is InChI=1S/C33H39NO7/c1-6-8-12-39-19-34-18-25(32(37)40-7-2)30(24-11-9-10-23(15-24)16-28(35)36)31-26(34)17-27(41-33(31)38)29-21(4)13-20(3)14-22(29)5/h9-11,13-15,18,27,30H,6-8,12,16-17,19H2,1-5H3,(H,35,36). The van der Waals surface area contributed by atoms with Crippen molar-refractivity contribution >= 4 is 17.9 Å². The van der Waals surface area contributed by atoms with E-state index in [2.05, 4.69) is 19.1 Å². The Morgan fingerprint density at radius 3 is 2.49 bits per heavy atom. The van der Waals surface area contributed by atoms with Gasteiger partial charge in [0.1, 0.15) is 12.8 Å². The van der Waals surface area contributed by atoms with Crippen LogP contribution in [-0.2, 0) is 35.0 Å². The molecule has 218 valence electrons. The minimum atomic E-state index is -0.967. The smallest absolute Gasteiger partial charge is 0.337 e. The van der Waals surface area contributed by atoms with E-state index in [9.17, 15) is 19.5 Å². The van der Waals surface area contributed by atoms with Crippen molar-refractivity contribution < 1.29 is 33.7 Å². The predicted molar refractivity (Wildman–Crippen MR) is 154 cm³/mol. The van der Waals surface area contributed by atoms with Gasteiger partial charge in [-0.2, -0.15) is 0 Å². The van der Waals surface area contributed by atoms with Crippen LogP contribution in [-0.4, -0.2) is 47.9 Å². The Labute approximate surface area is 241 Å². The Morgan fingerprint density at radius 2 is 1.83 bits per heavy atom. The number of unbranched alkanes of at least 4 members (excludes halogenated alkanes) is 1. The molecule has 2 atom stereocenters. The minimum Gasteiger partial charge on any atom is -0.481 e. The molecule has 8 heteroatoms. The van der Waals surface area contributed by atoms with Crippen molar-refractivity contribution in [3.63, 3.8) is 0 Å². The van der Waals surface area contributed by atoms with Gasteiger partial charge in [0.05, 0.1) is 30.1 Å². The van der Waals surface area contributed by atoms with Crippen LogP contribution in [0.2, 0.25) is 0 Å². The summed E-state index contributed by atoms with van der Waals surface area (Å²) >= 11 is 0. The molecule has 0 aromatic heterocycles. The second-order valence-electron chi connectivity index (χ2n) is 10.7. The van der Waals surface area contributed by atoms with E-state index in [0.717, 1.165) is 40.8 Å². The second-order valence-corrected chi connectivity index (χ2v) is 10.7. The molecule has 0 fully saturated rings. The Morgan fingerprint density at radius 1 is 1.10 bits per heavy atom. The summed E-state index contributed by atoms with van der Waals surface area (Å²) in [5.74, 6) is -2.81. The zero-order chi connectivity index (χ0) is 29.7. The molecule has 41 heavy (non-hydrogen) atoms. The van der Waals surface area contributed by atoms with Crippen LogP contribution in [0.3, 0.4) is 0 Å². The van der Waals surface area contributed by atoms with E-state index in [1.807, 2.05) is 25.7 Å². The number of aliphatic carboxylic acids is 1. The van der Waals surface area contributed by atoms with Crippen LogP contribution < -0.4 is 0 Å². The summed E-state index contributed by atoms with van der Waals surface area (Å²) < 4.78 is 17.5. The first-order valence-electron chi connectivity index (χ1n) is 14.2. The number of carboxylic acid groups (broad SMARTS) is 1. The molecule has 2 heterocycles. The van der Waals surface area contributed by atoms with E-state index >= 15 is 0 Å². The van der Waals surface area contributed by atoms with Crippen molar-refractivity contribution in [1.29, 1.82) is 0 Å². The molecule has 0 aliphatic carbocycles. The van der Waals surface area contributed by atoms with E-state index in [-0.39, 0.29) is 25.3 Å². The van der Waals surface area contributed by atoms with Crippen LogP contribution >= 0.6 is 0 Å². The summed E-state index contributed by atoms with van der Waals surface area (Å²) in [5.41, 5.74) is 6.75. The Balaban J connectivity index is 1.85. The van der Waals surface area contributed by atoms with E-state index in [1.165, 1.54) is 0 Å². The molecule has 0 saturated heterocycles. The molecular formula is C33H39NO7. The molecule has 0 radical (unpaired) electrons. The predicted octanol–water partition coefficient (Wildman–Crippen LogP) is 5.80. The third-order valence-corrected chi connectivity index (χ3v) is 7.48. The number of carboxylic acids is 1. The van der Waals surface area contributed by atoms with Crippen LogP contribution in [0.4, 0.5) is 0 Å². The summed E-state index contributed by atoms with van der Waals surface area (Å²) in [6.45, 7) is 10.8. The first-order chi connectivity index (χ1) is 19.6. The summed E-state index contributed by atoms with van der Waals surface area (Å²) in [6.07, 6.45) is 3.31. The number of cyclic esters (lactones) is 1. The maximum Gasteiger partial charge on any atom is 0.337 e. The normalized spacial score (nSPS) is 18.5. The van der Waals surface area contributed by atoms with Gasteiger partial charge in [0.2, 0.25) is 0 Å². The zero-order valence-electron chi connectivity index (χ0n) is 24.5. The minimum absolute atomic E-state index is 0.166. The van der Waals surface area contributed by atoms with E-state index in [0.29, 0.717) is 29.7 Å². The molecule has 1 N–H and O–H groups in total. The number of esters is 2. The van der Waals surface area contributed by atoms with Crippen molar-refractivity contribution in [2.45, 2.75) is 72.3 Å². The molecule has 2 aliphatic heterocycles. The summed E-state index contributed by atoms with van der Waals surface area (Å²) in [7, 11) is 0. The van der Waals surface area contributed by atoms with Gasteiger partial charge in [-0.05, 0) is 61.9 Å². The van der Waals surface area contributed by atoms with Crippen LogP contribution in [0.25, 0.3) is 0 Å². The highest BCUT2D eigenvalue weighted by Crippen LogP contribution is 2.47. The van der Waals surface area contributed by atoms with Gasteiger partial charge in [0.25, 0.3) is 0 Å². The lowest BCUT2D eigenvalue weighted by Crippen LogP contribution is -2.38. The number of carbonyl (C=O) groups excluding carboxylic acids is 2. The molecule has 2 unspecified atom stereocenters. The number of carbonyl (C=O) groups is 3. The summed E-state index contributed by atoms with van der Waals surface area (Å²) in [4.78, 5) is 40.6. The van der Waals surface area contributed by atoms with Crippen molar-refractivity contribution in [2.24, 2.45) is 0 Å². The van der Waals surface area contributed by atoms with Gasteiger partial charge >= 0.3 is 17.9 Å². The van der Waals surface area contributed by atoms with Crippen LogP contribution in [0, 0.1) is 20.8 Å². The van der Waals surface area contributed by atoms with Crippen molar-refractivity contribution in [2.75, 3.05) is 19.9 Å². The van der Waals surface area contributed by atoms with Gasteiger partial charge in [-0.15, -0.1) is 0 Å². The molecule has 0 amide bonds. The average molecular weight is 562 g/mol. The molecule has 2 aromatic carbocycles. The number of aryl methyl sites for hydroxylation is 3. The third kappa shape index (κ3) is 6.70. The van der Waals surface area contributed by atoms with E-state index in [4.69, 9.17) is 14.2 Å². The topological polar surface area (TPSA) is 102 Å². The van der Waals surface area contributed by atoms with Gasteiger partial charge in [-0.3, -0.25) is 4.79 Å². The number of ether oxygens (including phenoxy) is 3. The summed E-state index contributed by atoms with van der Waals surface area (Å²) in [6, 6.07) is 11.2. The van der Waals surface area contributed by atoms with Crippen molar-refractivity contribution in [3.8, 4) is 0 Å². The maximum atomic E-state index is 14.0. The molecule has 0 saturated carbocycles. The van der Waals surface area contributed by atoms with Crippen LogP contribution in [0.1, 0.15) is 78.5 Å². The summed E-state index contributed by atoms with van der Waals surface area (Å²) in [5, 5.41) is 9.37. The number of nitrogens with zero attached hydrogens (tertiary/aromatic N) is 1. The zero-order valence-corrected chi connectivity index (χ0v) is 24.5. The first kappa shape index (κ1) is 30.1. The largest absolute Gasteiger partial charge is 0.481 e. The van der Waals surface area contributed by atoms with E-state index in [1.54, 1.807) is 37.4 Å². The third-order valence-electron chi connectivity index (χ3n) is 7.48. The number of rotatable bonds is 11. The number of hydrogen-bond acceptors (Lipinski definition) is 7. The highest BCUT2D eigenvalue weighted by Gasteiger charge is 2.44.